The third kappa shape index (κ3) is 3.57. The van der Waals surface area contributed by atoms with Gasteiger partial charge < -0.3 is 10.1 Å². The van der Waals surface area contributed by atoms with Crippen molar-refractivity contribution in [3.05, 3.63) is 78.1 Å². The first-order valence-corrected chi connectivity index (χ1v) is 8.66. The molecule has 0 saturated carbocycles. The summed E-state index contributed by atoms with van der Waals surface area (Å²) in [7, 11) is 0. The Morgan fingerprint density at radius 3 is 2.58 bits per heavy atom. The second-order valence-electron chi connectivity index (χ2n) is 6.36. The van der Waals surface area contributed by atoms with E-state index in [2.05, 4.69) is 21.4 Å². The monoisotopic (exact) mass is 345 g/mol. The van der Waals surface area contributed by atoms with Crippen LogP contribution in [0.2, 0.25) is 0 Å². The molecule has 0 aliphatic carbocycles. The maximum absolute atomic E-state index is 12.3. The lowest BCUT2D eigenvalue weighted by Crippen LogP contribution is -2.34. The molecule has 1 aliphatic rings. The summed E-state index contributed by atoms with van der Waals surface area (Å²) in [5, 5.41) is 2.96. The van der Waals surface area contributed by atoms with E-state index in [4.69, 9.17) is 4.74 Å². The predicted octanol–water partition coefficient (Wildman–Crippen LogP) is 3.12. The van der Waals surface area contributed by atoms with Crippen molar-refractivity contribution >= 4 is 5.91 Å². The average Bonchev–Trinajstić information content (AvgIpc) is 2.72. The third-order valence-electron chi connectivity index (χ3n) is 4.45. The number of ether oxygens (including phenoxy) is 1. The average molecular weight is 345 g/mol. The van der Waals surface area contributed by atoms with Crippen LogP contribution in [0.4, 0.5) is 0 Å². The van der Waals surface area contributed by atoms with Gasteiger partial charge in [0.05, 0.1) is 12.2 Å². The number of para-hydroxylation sites is 1. The molecule has 1 aliphatic heterocycles. The van der Waals surface area contributed by atoms with E-state index in [1.54, 1.807) is 12.4 Å². The first-order valence-electron chi connectivity index (χ1n) is 8.66. The molecule has 1 amide bonds. The van der Waals surface area contributed by atoms with E-state index < -0.39 is 0 Å². The van der Waals surface area contributed by atoms with Crippen LogP contribution < -0.4 is 10.1 Å². The SMILES string of the molecule is O=C(NCC1COc2ccccc2C1)c1cnc(-c2ccccc2)nc1. The van der Waals surface area contributed by atoms with E-state index in [-0.39, 0.29) is 11.8 Å². The summed E-state index contributed by atoms with van der Waals surface area (Å²) in [6, 6.07) is 17.7. The minimum Gasteiger partial charge on any atom is -0.493 e. The van der Waals surface area contributed by atoms with Gasteiger partial charge in [0, 0.05) is 30.4 Å². The molecule has 2 heterocycles. The van der Waals surface area contributed by atoms with Crippen LogP contribution in [0.25, 0.3) is 11.4 Å². The van der Waals surface area contributed by atoms with Crippen molar-refractivity contribution in [2.75, 3.05) is 13.2 Å². The molecule has 5 nitrogen and oxygen atoms in total. The number of hydrogen-bond donors (Lipinski definition) is 1. The second kappa shape index (κ2) is 7.35. The minimum atomic E-state index is -0.163. The number of hydrogen-bond acceptors (Lipinski definition) is 4. The third-order valence-corrected chi connectivity index (χ3v) is 4.45. The van der Waals surface area contributed by atoms with E-state index >= 15 is 0 Å². The van der Waals surface area contributed by atoms with Crippen LogP contribution >= 0.6 is 0 Å². The quantitative estimate of drug-likeness (QED) is 0.789. The Labute approximate surface area is 152 Å². The summed E-state index contributed by atoms with van der Waals surface area (Å²) in [5.74, 6) is 1.65. The number of amides is 1. The Morgan fingerprint density at radius 2 is 1.77 bits per heavy atom. The van der Waals surface area contributed by atoms with Crippen LogP contribution in [0.5, 0.6) is 5.75 Å². The standard InChI is InChI=1S/C21H19N3O2/c25-21(18-12-22-20(23-13-18)16-6-2-1-3-7-16)24-11-15-10-17-8-4-5-9-19(17)26-14-15/h1-9,12-13,15H,10-11,14H2,(H,24,25). The zero-order valence-electron chi connectivity index (χ0n) is 14.3. The lowest BCUT2D eigenvalue weighted by molar-refractivity contribution is 0.0938. The van der Waals surface area contributed by atoms with Gasteiger partial charge in [-0.25, -0.2) is 9.97 Å². The summed E-state index contributed by atoms with van der Waals surface area (Å²) >= 11 is 0. The smallest absolute Gasteiger partial charge is 0.254 e. The molecule has 1 aromatic heterocycles. The summed E-state index contributed by atoms with van der Waals surface area (Å²) in [5.41, 5.74) is 2.58. The van der Waals surface area contributed by atoms with Crippen LogP contribution in [0.15, 0.2) is 67.0 Å². The van der Waals surface area contributed by atoms with Crippen molar-refractivity contribution < 1.29 is 9.53 Å². The lowest BCUT2D eigenvalue weighted by atomic mass is 9.97. The van der Waals surface area contributed by atoms with E-state index in [1.807, 2.05) is 48.5 Å². The van der Waals surface area contributed by atoms with Gasteiger partial charge in [-0.1, -0.05) is 48.5 Å². The largest absolute Gasteiger partial charge is 0.493 e. The number of rotatable bonds is 4. The molecule has 5 heteroatoms. The van der Waals surface area contributed by atoms with E-state index in [9.17, 15) is 4.79 Å². The van der Waals surface area contributed by atoms with Crippen LogP contribution in [-0.2, 0) is 6.42 Å². The number of carbonyl (C=O) groups is 1. The summed E-state index contributed by atoms with van der Waals surface area (Å²) in [6.07, 6.45) is 4.04. The van der Waals surface area contributed by atoms with Gasteiger partial charge in [0.15, 0.2) is 5.82 Å². The van der Waals surface area contributed by atoms with Crippen molar-refractivity contribution in [2.24, 2.45) is 5.92 Å². The topological polar surface area (TPSA) is 64.1 Å². The number of nitrogens with one attached hydrogen (secondary N) is 1. The molecule has 130 valence electrons. The van der Waals surface area contributed by atoms with E-state index in [0.29, 0.717) is 24.5 Å². The molecule has 0 radical (unpaired) electrons. The first-order chi connectivity index (χ1) is 12.8. The number of aromatic nitrogens is 2. The van der Waals surface area contributed by atoms with Crippen LogP contribution in [0.3, 0.4) is 0 Å². The van der Waals surface area contributed by atoms with E-state index in [1.165, 1.54) is 5.56 Å². The Balaban J connectivity index is 1.35. The first kappa shape index (κ1) is 16.3. The predicted molar refractivity (Wildman–Crippen MR) is 98.9 cm³/mol. The normalized spacial score (nSPS) is 15.6. The zero-order chi connectivity index (χ0) is 17.8. The van der Waals surface area contributed by atoms with Gasteiger partial charge in [-0.2, -0.15) is 0 Å². The Hall–Kier alpha value is -3.21. The van der Waals surface area contributed by atoms with Crippen molar-refractivity contribution in [3.8, 4) is 17.1 Å². The van der Waals surface area contributed by atoms with Crippen LogP contribution in [0.1, 0.15) is 15.9 Å². The molecule has 0 fully saturated rings. The number of fused-ring (bicyclic) bond motifs is 1. The van der Waals surface area contributed by atoms with Crippen LogP contribution in [-0.4, -0.2) is 29.0 Å². The number of carbonyl (C=O) groups excluding carboxylic acids is 1. The van der Waals surface area contributed by atoms with E-state index in [0.717, 1.165) is 17.7 Å². The molecule has 3 aromatic rings. The molecule has 0 spiro atoms. The highest BCUT2D eigenvalue weighted by Crippen LogP contribution is 2.26. The maximum atomic E-state index is 12.3. The Kier molecular flexibility index (Phi) is 4.60. The van der Waals surface area contributed by atoms with Gasteiger partial charge in [-0.05, 0) is 18.1 Å². The molecule has 1 unspecified atom stereocenters. The summed E-state index contributed by atoms with van der Waals surface area (Å²) in [6.45, 7) is 1.17. The summed E-state index contributed by atoms with van der Waals surface area (Å²) < 4.78 is 5.76. The second-order valence-corrected chi connectivity index (χ2v) is 6.36. The molecular weight excluding hydrogens is 326 g/mol. The van der Waals surface area contributed by atoms with Crippen molar-refractivity contribution in [1.29, 1.82) is 0 Å². The molecule has 4 rings (SSSR count). The highest BCUT2D eigenvalue weighted by Gasteiger charge is 2.20. The van der Waals surface area contributed by atoms with Gasteiger partial charge in [-0.15, -0.1) is 0 Å². The maximum Gasteiger partial charge on any atom is 0.254 e. The lowest BCUT2D eigenvalue weighted by Gasteiger charge is -2.25. The molecule has 26 heavy (non-hydrogen) atoms. The van der Waals surface area contributed by atoms with Crippen molar-refractivity contribution in [3.63, 3.8) is 0 Å². The fourth-order valence-electron chi connectivity index (χ4n) is 3.04. The minimum absolute atomic E-state index is 0.163. The van der Waals surface area contributed by atoms with Crippen molar-refractivity contribution in [2.45, 2.75) is 6.42 Å². The molecule has 1 N–H and O–H groups in total. The highest BCUT2D eigenvalue weighted by molar-refractivity contribution is 5.93. The van der Waals surface area contributed by atoms with Crippen LogP contribution in [0, 0.1) is 5.92 Å². The molecular formula is C21H19N3O2. The van der Waals surface area contributed by atoms with Crippen molar-refractivity contribution in [1.82, 2.24) is 15.3 Å². The fraction of sp³-hybridized carbons (Fsp3) is 0.190. The highest BCUT2D eigenvalue weighted by atomic mass is 16.5. The summed E-state index contributed by atoms with van der Waals surface area (Å²) in [4.78, 5) is 20.9. The molecule has 1 atom stereocenters. The Morgan fingerprint density at radius 1 is 1.04 bits per heavy atom. The molecule has 2 aromatic carbocycles. The van der Waals surface area contributed by atoms with Gasteiger partial charge in [0.1, 0.15) is 5.75 Å². The molecule has 0 bridgehead atoms. The van der Waals surface area contributed by atoms with Gasteiger partial charge in [0.25, 0.3) is 5.91 Å². The number of benzene rings is 2. The molecule has 0 saturated heterocycles. The van der Waals surface area contributed by atoms with Gasteiger partial charge in [0.2, 0.25) is 0 Å². The zero-order valence-corrected chi connectivity index (χ0v) is 14.3. The number of nitrogens with zero attached hydrogens (tertiary/aromatic N) is 2. The Bertz CT molecular complexity index is 895. The van der Waals surface area contributed by atoms with Gasteiger partial charge >= 0.3 is 0 Å². The fourth-order valence-corrected chi connectivity index (χ4v) is 3.04. The van der Waals surface area contributed by atoms with Gasteiger partial charge in [-0.3, -0.25) is 4.79 Å².